The summed E-state index contributed by atoms with van der Waals surface area (Å²) in [6.45, 7) is 1.54. The number of hydrogen-bond donors (Lipinski definition) is 2. The van der Waals surface area contributed by atoms with Crippen LogP contribution in [0.25, 0.3) is 0 Å². The molecule has 2 N–H and O–H groups in total. The fourth-order valence-electron chi connectivity index (χ4n) is 3.70. The Morgan fingerprint density at radius 1 is 1.00 bits per heavy atom. The molecule has 0 saturated carbocycles. The van der Waals surface area contributed by atoms with Gasteiger partial charge in [0.15, 0.2) is 0 Å². The molecule has 32 heavy (non-hydrogen) atoms. The van der Waals surface area contributed by atoms with Crippen molar-refractivity contribution in [2.24, 2.45) is 0 Å². The lowest BCUT2D eigenvalue weighted by atomic mass is 10.1. The summed E-state index contributed by atoms with van der Waals surface area (Å²) in [6.07, 6.45) is 2.23. The molecule has 2 heterocycles. The minimum Gasteiger partial charge on any atom is -0.366 e. The summed E-state index contributed by atoms with van der Waals surface area (Å²) in [5.74, 6) is -0.680. The van der Waals surface area contributed by atoms with Gasteiger partial charge in [0.25, 0.3) is 11.6 Å². The van der Waals surface area contributed by atoms with Gasteiger partial charge in [0.05, 0.1) is 22.7 Å². The molecule has 2 amide bonds. The van der Waals surface area contributed by atoms with E-state index in [1.165, 1.54) is 17.4 Å². The number of carbonyl (C=O) groups excluding carboxylic acids is 2. The first-order chi connectivity index (χ1) is 15.5. The van der Waals surface area contributed by atoms with Crippen LogP contribution in [-0.2, 0) is 11.2 Å². The summed E-state index contributed by atoms with van der Waals surface area (Å²) in [6, 6.07) is 15.2. The quantitative estimate of drug-likeness (QED) is 0.401. The van der Waals surface area contributed by atoms with Crippen molar-refractivity contribution in [1.29, 1.82) is 0 Å². The lowest BCUT2D eigenvalue weighted by Crippen LogP contribution is -2.20. The van der Waals surface area contributed by atoms with Crippen molar-refractivity contribution in [2.75, 3.05) is 28.6 Å². The van der Waals surface area contributed by atoms with E-state index in [-0.39, 0.29) is 23.6 Å². The number of carbonyl (C=O) groups is 2. The molecule has 0 atom stereocenters. The standard InChI is InChI=1S/C23H22N4O4S/c28-22(15-17-6-5-13-32-17)24-18-7-1-2-8-19(18)25-23(29)16-9-10-20(21(14-16)27(30)31)26-11-3-4-12-26/h1-2,5-10,13-14H,3-4,11-12,15H2,(H,24,28)(H,25,29). The zero-order valence-electron chi connectivity index (χ0n) is 17.2. The van der Waals surface area contributed by atoms with E-state index < -0.39 is 10.8 Å². The Kier molecular flexibility index (Phi) is 6.46. The van der Waals surface area contributed by atoms with Gasteiger partial charge >= 0.3 is 0 Å². The number of nitro benzene ring substituents is 1. The van der Waals surface area contributed by atoms with Gasteiger partial charge in [-0.3, -0.25) is 19.7 Å². The summed E-state index contributed by atoms with van der Waals surface area (Å²) < 4.78 is 0. The highest BCUT2D eigenvalue weighted by Gasteiger charge is 2.24. The van der Waals surface area contributed by atoms with Crippen LogP contribution in [0.5, 0.6) is 0 Å². The van der Waals surface area contributed by atoms with E-state index in [0.29, 0.717) is 17.1 Å². The van der Waals surface area contributed by atoms with Crippen LogP contribution in [-0.4, -0.2) is 29.8 Å². The molecule has 3 aromatic rings. The maximum atomic E-state index is 12.9. The first-order valence-corrected chi connectivity index (χ1v) is 11.2. The first kappa shape index (κ1) is 21.5. The first-order valence-electron chi connectivity index (χ1n) is 10.3. The Hall–Kier alpha value is -3.72. The minimum absolute atomic E-state index is 0.0860. The molecule has 1 saturated heterocycles. The van der Waals surface area contributed by atoms with E-state index in [9.17, 15) is 19.7 Å². The van der Waals surface area contributed by atoms with E-state index in [4.69, 9.17) is 0 Å². The number of para-hydroxylation sites is 2. The van der Waals surface area contributed by atoms with Gasteiger partial charge in [-0.1, -0.05) is 18.2 Å². The van der Waals surface area contributed by atoms with Crippen molar-refractivity contribution in [3.63, 3.8) is 0 Å². The number of nitrogens with one attached hydrogen (secondary N) is 2. The fraction of sp³-hybridized carbons (Fsp3) is 0.217. The SMILES string of the molecule is O=C(Cc1cccs1)Nc1ccccc1NC(=O)c1ccc(N2CCCC2)c([N+](=O)[O-])c1. The van der Waals surface area contributed by atoms with Crippen molar-refractivity contribution in [2.45, 2.75) is 19.3 Å². The monoisotopic (exact) mass is 450 g/mol. The third kappa shape index (κ3) is 4.94. The van der Waals surface area contributed by atoms with E-state index in [1.54, 1.807) is 36.4 Å². The smallest absolute Gasteiger partial charge is 0.293 e. The lowest BCUT2D eigenvalue weighted by Gasteiger charge is -2.18. The van der Waals surface area contributed by atoms with Crippen LogP contribution in [0.2, 0.25) is 0 Å². The molecule has 2 aromatic carbocycles. The van der Waals surface area contributed by atoms with Crippen molar-refractivity contribution in [1.82, 2.24) is 0 Å². The number of amides is 2. The number of hydrogen-bond acceptors (Lipinski definition) is 6. The molecule has 8 nitrogen and oxygen atoms in total. The minimum atomic E-state index is -0.485. The van der Waals surface area contributed by atoms with Crippen molar-refractivity contribution >= 4 is 45.9 Å². The summed E-state index contributed by atoms with van der Waals surface area (Å²) in [7, 11) is 0. The molecule has 4 rings (SSSR count). The van der Waals surface area contributed by atoms with Crippen molar-refractivity contribution < 1.29 is 14.5 Å². The highest BCUT2D eigenvalue weighted by atomic mass is 32.1. The van der Waals surface area contributed by atoms with Crippen LogP contribution >= 0.6 is 11.3 Å². The summed E-state index contributed by atoms with van der Waals surface area (Å²) in [5.41, 5.74) is 1.51. The molecule has 0 unspecified atom stereocenters. The van der Waals surface area contributed by atoms with E-state index in [1.807, 2.05) is 22.4 Å². The molecule has 1 aliphatic rings. The number of thiophene rings is 1. The van der Waals surface area contributed by atoms with Gasteiger partial charge < -0.3 is 15.5 Å². The topological polar surface area (TPSA) is 105 Å². The van der Waals surface area contributed by atoms with E-state index >= 15 is 0 Å². The molecule has 164 valence electrons. The van der Waals surface area contributed by atoms with Gasteiger partial charge in [0.2, 0.25) is 5.91 Å². The zero-order valence-corrected chi connectivity index (χ0v) is 18.1. The molecule has 9 heteroatoms. The molecule has 1 aliphatic heterocycles. The molecule has 0 bridgehead atoms. The Morgan fingerprint density at radius 2 is 1.72 bits per heavy atom. The molecule has 0 radical (unpaired) electrons. The maximum Gasteiger partial charge on any atom is 0.293 e. The second kappa shape index (κ2) is 9.61. The predicted molar refractivity (Wildman–Crippen MR) is 126 cm³/mol. The van der Waals surface area contributed by atoms with Gasteiger partial charge in [0.1, 0.15) is 5.69 Å². The number of nitrogens with zero attached hydrogens (tertiary/aromatic N) is 2. The highest BCUT2D eigenvalue weighted by molar-refractivity contribution is 7.10. The third-order valence-electron chi connectivity index (χ3n) is 5.25. The molecular weight excluding hydrogens is 428 g/mol. The van der Waals surface area contributed by atoms with Gasteiger partial charge in [-0.15, -0.1) is 11.3 Å². The number of rotatable bonds is 7. The van der Waals surface area contributed by atoms with Crippen LogP contribution < -0.4 is 15.5 Å². The second-order valence-electron chi connectivity index (χ2n) is 7.46. The van der Waals surface area contributed by atoms with Gasteiger partial charge in [0, 0.05) is 29.6 Å². The van der Waals surface area contributed by atoms with Gasteiger partial charge in [-0.2, -0.15) is 0 Å². The van der Waals surface area contributed by atoms with Crippen LogP contribution in [0.1, 0.15) is 28.1 Å². The summed E-state index contributed by atoms with van der Waals surface area (Å²) in [5, 5.41) is 19.1. The zero-order chi connectivity index (χ0) is 22.5. The molecular formula is C23H22N4O4S. The molecule has 1 fully saturated rings. The van der Waals surface area contributed by atoms with E-state index in [0.717, 1.165) is 30.8 Å². The van der Waals surface area contributed by atoms with Crippen molar-refractivity contribution in [3.05, 3.63) is 80.5 Å². The maximum absolute atomic E-state index is 12.9. The average Bonchev–Trinajstić information content (AvgIpc) is 3.49. The number of anilines is 3. The summed E-state index contributed by atoms with van der Waals surface area (Å²) >= 11 is 1.50. The Balaban J connectivity index is 1.51. The van der Waals surface area contributed by atoms with Crippen LogP contribution in [0.15, 0.2) is 60.0 Å². The fourth-order valence-corrected chi connectivity index (χ4v) is 4.40. The Labute approximate surface area is 189 Å². The Morgan fingerprint density at radius 3 is 2.38 bits per heavy atom. The Bertz CT molecular complexity index is 1140. The second-order valence-corrected chi connectivity index (χ2v) is 8.49. The largest absolute Gasteiger partial charge is 0.366 e. The normalized spacial score (nSPS) is 13.1. The number of benzene rings is 2. The number of nitro groups is 1. The highest BCUT2D eigenvalue weighted by Crippen LogP contribution is 2.32. The molecule has 1 aromatic heterocycles. The van der Waals surface area contributed by atoms with Gasteiger partial charge in [-0.25, -0.2) is 0 Å². The lowest BCUT2D eigenvalue weighted by molar-refractivity contribution is -0.384. The summed E-state index contributed by atoms with van der Waals surface area (Å²) in [4.78, 5) is 39.3. The van der Waals surface area contributed by atoms with E-state index in [2.05, 4.69) is 10.6 Å². The van der Waals surface area contributed by atoms with Crippen molar-refractivity contribution in [3.8, 4) is 0 Å². The van der Waals surface area contributed by atoms with Gasteiger partial charge in [-0.05, 0) is 48.6 Å². The predicted octanol–water partition coefficient (Wildman–Crippen LogP) is 4.69. The van der Waals surface area contributed by atoms with Crippen LogP contribution in [0.3, 0.4) is 0 Å². The molecule has 0 aliphatic carbocycles. The van der Waals surface area contributed by atoms with Crippen LogP contribution in [0.4, 0.5) is 22.7 Å². The third-order valence-corrected chi connectivity index (χ3v) is 6.12. The molecule has 0 spiro atoms. The van der Waals surface area contributed by atoms with Crippen LogP contribution in [0, 0.1) is 10.1 Å². The average molecular weight is 451 g/mol.